The molecule has 6 nitrogen and oxygen atoms in total. The summed E-state index contributed by atoms with van der Waals surface area (Å²) in [4.78, 5) is 28.5. The van der Waals surface area contributed by atoms with Crippen LogP contribution in [0, 0.1) is 5.92 Å². The highest BCUT2D eigenvalue weighted by Crippen LogP contribution is 2.36. The lowest BCUT2D eigenvalue weighted by Crippen LogP contribution is -2.27. The van der Waals surface area contributed by atoms with E-state index in [-0.39, 0.29) is 12.3 Å². The van der Waals surface area contributed by atoms with Gasteiger partial charge in [0.05, 0.1) is 24.8 Å². The number of likely N-dealkylation sites (tertiary alicyclic amines) is 1. The van der Waals surface area contributed by atoms with Crippen molar-refractivity contribution in [2.24, 2.45) is 5.92 Å². The monoisotopic (exact) mass is 250 g/mol. The quantitative estimate of drug-likeness (QED) is 0.854. The van der Waals surface area contributed by atoms with Crippen molar-refractivity contribution in [1.29, 1.82) is 0 Å². The summed E-state index contributed by atoms with van der Waals surface area (Å²) in [6, 6.07) is 4.58. The largest absolute Gasteiger partial charge is 0.481 e. The van der Waals surface area contributed by atoms with Gasteiger partial charge in [0, 0.05) is 19.5 Å². The molecule has 6 heteroatoms. The highest BCUT2D eigenvalue weighted by atomic mass is 16.5. The Bertz CT molecular complexity index is 489. The van der Waals surface area contributed by atoms with Crippen LogP contribution in [-0.4, -0.2) is 41.0 Å². The number of amides is 1. The van der Waals surface area contributed by atoms with Crippen LogP contribution < -0.4 is 4.74 Å². The molecular formula is C12H14N2O4. The molecule has 0 spiro atoms. The predicted molar refractivity (Wildman–Crippen MR) is 62.0 cm³/mol. The van der Waals surface area contributed by atoms with Gasteiger partial charge in [-0.1, -0.05) is 6.07 Å². The van der Waals surface area contributed by atoms with Crippen molar-refractivity contribution in [1.82, 2.24) is 9.88 Å². The number of rotatable bonds is 3. The first-order chi connectivity index (χ1) is 8.54. The number of methoxy groups -OCH3 is 1. The summed E-state index contributed by atoms with van der Waals surface area (Å²) in [6.45, 7) is 0. The Kier molecular flexibility index (Phi) is 3.18. The van der Waals surface area contributed by atoms with Crippen LogP contribution in [0.1, 0.15) is 18.2 Å². The molecule has 0 aliphatic carbocycles. The lowest BCUT2D eigenvalue weighted by atomic mass is 9.97. The number of carbonyl (C=O) groups is 2. The first-order valence-electron chi connectivity index (χ1n) is 5.54. The fraction of sp³-hybridized carbons (Fsp3) is 0.417. The molecule has 1 aliphatic heterocycles. The van der Waals surface area contributed by atoms with Gasteiger partial charge in [-0.05, 0) is 6.07 Å². The molecule has 2 atom stereocenters. The predicted octanol–water partition coefficient (Wildman–Crippen LogP) is 0.694. The average Bonchev–Trinajstić information content (AvgIpc) is 2.66. The minimum Gasteiger partial charge on any atom is -0.481 e. The third-order valence-electron chi connectivity index (χ3n) is 3.16. The van der Waals surface area contributed by atoms with Crippen LogP contribution in [0.15, 0.2) is 18.2 Å². The van der Waals surface area contributed by atoms with E-state index in [1.807, 2.05) is 0 Å². The zero-order valence-corrected chi connectivity index (χ0v) is 10.2. The maximum absolute atomic E-state index is 11.6. The number of nitrogens with zero attached hydrogens (tertiary/aromatic N) is 2. The Morgan fingerprint density at radius 1 is 1.56 bits per heavy atom. The van der Waals surface area contributed by atoms with E-state index in [9.17, 15) is 9.59 Å². The van der Waals surface area contributed by atoms with Crippen LogP contribution in [0.3, 0.4) is 0 Å². The van der Waals surface area contributed by atoms with Crippen molar-refractivity contribution >= 4 is 11.9 Å². The molecule has 0 saturated carbocycles. The maximum atomic E-state index is 11.6. The van der Waals surface area contributed by atoms with Gasteiger partial charge < -0.3 is 14.7 Å². The number of carbonyl (C=O) groups excluding carboxylic acids is 1. The highest BCUT2D eigenvalue weighted by molar-refractivity contribution is 5.87. The molecule has 18 heavy (non-hydrogen) atoms. The van der Waals surface area contributed by atoms with E-state index in [4.69, 9.17) is 9.84 Å². The van der Waals surface area contributed by atoms with Crippen LogP contribution in [0.2, 0.25) is 0 Å². The first-order valence-corrected chi connectivity index (χ1v) is 5.54. The van der Waals surface area contributed by atoms with Gasteiger partial charge in [-0.3, -0.25) is 9.59 Å². The summed E-state index contributed by atoms with van der Waals surface area (Å²) < 4.78 is 5.01. The molecular weight excluding hydrogens is 236 g/mol. The van der Waals surface area contributed by atoms with Gasteiger partial charge in [0.25, 0.3) is 0 Å². The zero-order valence-electron chi connectivity index (χ0n) is 10.2. The number of aromatic nitrogens is 1. The number of hydrogen-bond acceptors (Lipinski definition) is 4. The minimum absolute atomic E-state index is 0.00932. The normalized spacial score (nSPS) is 23.2. The molecule has 1 amide bonds. The van der Waals surface area contributed by atoms with Crippen LogP contribution in [0.25, 0.3) is 0 Å². The van der Waals surface area contributed by atoms with E-state index in [0.717, 1.165) is 0 Å². The number of pyridine rings is 1. The van der Waals surface area contributed by atoms with E-state index in [1.165, 1.54) is 12.0 Å². The van der Waals surface area contributed by atoms with Gasteiger partial charge in [-0.2, -0.15) is 0 Å². The number of hydrogen-bond donors (Lipinski definition) is 1. The van der Waals surface area contributed by atoms with Crippen molar-refractivity contribution in [3.05, 3.63) is 23.9 Å². The van der Waals surface area contributed by atoms with E-state index in [0.29, 0.717) is 11.6 Å². The Morgan fingerprint density at radius 2 is 2.28 bits per heavy atom. The summed E-state index contributed by atoms with van der Waals surface area (Å²) in [7, 11) is 3.08. The van der Waals surface area contributed by atoms with Crippen molar-refractivity contribution in [3.8, 4) is 5.88 Å². The van der Waals surface area contributed by atoms with Gasteiger partial charge in [-0.15, -0.1) is 0 Å². The molecule has 1 aromatic heterocycles. The summed E-state index contributed by atoms with van der Waals surface area (Å²) in [5.41, 5.74) is 0.537. The van der Waals surface area contributed by atoms with E-state index in [2.05, 4.69) is 4.98 Å². The molecule has 0 aromatic carbocycles. The molecule has 1 saturated heterocycles. The van der Waals surface area contributed by atoms with Crippen molar-refractivity contribution in [2.75, 3.05) is 14.2 Å². The average molecular weight is 250 g/mol. The zero-order chi connectivity index (χ0) is 13.3. The van der Waals surface area contributed by atoms with Gasteiger partial charge in [0.2, 0.25) is 11.8 Å². The molecule has 1 aromatic rings. The van der Waals surface area contributed by atoms with Gasteiger partial charge in [0.15, 0.2) is 0 Å². The number of carboxylic acid groups (broad SMARTS) is 1. The number of aliphatic carboxylic acids is 1. The van der Waals surface area contributed by atoms with Crippen molar-refractivity contribution in [2.45, 2.75) is 12.5 Å². The van der Waals surface area contributed by atoms with Crippen LogP contribution in [0.4, 0.5) is 0 Å². The molecule has 0 radical (unpaired) electrons. The molecule has 1 aliphatic rings. The lowest BCUT2D eigenvalue weighted by molar-refractivity contribution is -0.142. The Hall–Kier alpha value is -2.11. The second kappa shape index (κ2) is 4.64. The van der Waals surface area contributed by atoms with Gasteiger partial charge in [-0.25, -0.2) is 4.98 Å². The summed E-state index contributed by atoms with van der Waals surface area (Å²) in [6.07, 6.45) is 0.00932. The standard InChI is InChI=1S/C12H14N2O4/c1-14-10(15)6-7(12(16)17)11(14)8-4-3-5-9(13-8)18-2/h3-5,7,11H,6H2,1-2H3,(H,16,17). The van der Waals surface area contributed by atoms with Gasteiger partial charge >= 0.3 is 5.97 Å². The molecule has 96 valence electrons. The van der Waals surface area contributed by atoms with E-state index in [1.54, 1.807) is 25.2 Å². The Labute approximate surface area is 104 Å². The van der Waals surface area contributed by atoms with Gasteiger partial charge in [0.1, 0.15) is 0 Å². The third kappa shape index (κ3) is 2.01. The summed E-state index contributed by atoms with van der Waals surface area (Å²) in [5, 5.41) is 9.17. The first kappa shape index (κ1) is 12.3. The maximum Gasteiger partial charge on any atom is 0.309 e. The lowest BCUT2D eigenvalue weighted by Gasteiger charge is -2.22. The minimum atomic E-state index is -0.984. The van der Waals surface area contributed by atoms with E-state index < -0.39 is 17.9 Å². The fourth-order valence-electron chi connectivity index (χ4n) is 2.20. The van der Waals surface area contributed by atoms with Crippen LogP contribution in [0.5, 0.6) is 5.88 Å². The molecule has 2 unspecified atom stereocenters. The summed E-state index contributed by atoms with van der Waals surface area (Å²) in [5.74, 6) is -1.52. The van der Waals surface area contributed by atoms with Crippen molar-refractivity contribution in [3.63, 3.8) is 0 Å². The second-order valence-corrected chi connectivity index (χ2v) is 4.20. The van der Waals surface area contributed by atoms with Crippen molar-refractivity contribution < 1.29 is 19.4 Å². The Morgan fingerprint density at radius 3 is 2.89 bits per heavy atom. The molecule has 2 rings (SSSR count). The molecule has 1 N–H and O–H groups in total. The second-order valence-electron chi connectivity index (χ2n) is 4.20. The molecule has 1 fully saturated rings. The molecule has 2 heterocycles. The molecule has 0 bridgehead atoms. The highest BCUT2D eigenvalue weighted by Gasteiger charge is 2.43. The number of carboxylic acids is 1. The third-order valence-corrected chi connectivity index (χ3v) is 3.16. The SMILES string of the molecule is COc1cccc(C2C(C(=O)O)CC(=O)N2C)n1. The smallest absolute Gasteiger partial charge is 0.309 e. The topological polar surface area (TPSA) is 79.7 Å². The van der Waals surface area contributed by atoms with E-state index >= 15 is 0 Å². The summed E-state index contributed by atoms with van der Waals surface area (Å²) >= 11 is 0. The Balaban J connectivity index is 2.39. The number of ether oxygens (including phenoxy) is 1. The van der Waals surface area contributed by atoms with Crippen LogP contribution in [-0.2, 0) is 9.59 Å². The fourth-order valence-corrected chi connectivity index (χ4v) is 2.20. The van der Waals surface area contributed by atoms with Crippen LogP contribution >= 0.6 is 0 Å².